The molecule has 2 N–H and O–H groups in total. The fourth-order valence-electron chi connectivity index (χ4n) is 1.19. The molecule has 1 atom stereocenters. The van der Waals surface area contributed by atoms with Crippen LogP contribution < -0.4 is 5.32 Å². The molecule has 0 amide bonds. The van der Waals surface area contributed by atoms with E-state index in [1.807, 2.05) is 12.1 Å². The van der Waals surface area contributed by atoms with Crippen molar-refractivity contribution in [2.24, 2.45) is 0 Å². The van der Waals surface area contributed by atoms with Crippen LogP contribution in [0.25, 0.3) is 0 Å². The smallest absolute Gasteiger partial charge is 0.305 e. The predicted molar refractivity (Wildman–Crippen MR) is 64.5 cm³/mol. The van der Waals surface area contributed by atoms with E-state index in [4.69, 9.17) is 16.7 Å². The van der Waals surface area contributed by atoms with Gasteiger partial charge in [0, 0.05) is 10.5 Å². The maximum absolute atomic E-state index is 10.5. The average molecular weight is 293 g/mol. The number of aliphatic carboxylic acids is 1. The van der Waals surface area contributed by atoms with Gasteiger partial charge in [-0.3, -0.25) is 4.79 Å². The van der Waals surface area contributed by atoms with Gasteiger partial charge in [-0.25, -0.2) is 0 Å². The molecule has 0 aromatic heterocycles. The molecule has 0 saturated carbocycles. The summed E-state index contributed by atoms with van der Waals surface area (Å²) in [6.45, 7) is 1.80. The summed E-state index contributed by atoms with van der Waals surface area (Å²) in [6, 6.07) is 5.24. The number of nitrogens with one attached hydrogen (secondary N) is 1. The second-order valence-corrected chi connectivity index (χ2v) is 4.59. The molecule has 3 nitrogen and oxygen atoms in total. The van der Waals surface area contributed by atoms with Crippen molar-refractivity contribution in [2.45, 2.75) is 19.4 Å². The van der Waals surface area contributed by atoms with Crippen molar-refractivity contribution in [2.75, 3.05) is 5.32 Å². The molecule has 0 heterocycles. The molecule has 1 aromatic rings. The first-order valence-electron chi connectivity index (χ1n) is 4.42. The lowest BCUT2D eigenvalue weighted by molar-refractivity contribution is -0.137. The molecule has 1 aromatic carbocycles. The molecule has 0 spiro atoms. The second-order valence-electron chi connectivity index (χ2n) is 3.27. The highest BCUT2D eigenvalue weighted by atomic mass is 79.9. The lowest BCUT2D eigenvalue weighted by Gasteiger charge is -2.14. The van der Waals surface area contributed by atoms with Crippen LogP contribution in [0.5, 0.6) is 0 Å². The van der Waals surface area contributed by atoms with E-state index in [1.165, 1.54) is 0 Å². The van der Waals surface area contributed by atoms with E-state index in [0.29, 0.717) is 5.02 Å². The number of rotatable bonds is 4. The first-order chi connectivity index (χ1) is 6.99. The van der Waals surface area contributed by atoms with E-state index in [-0.39, 0.29) is 12.5 Å². The van der Waals surface area contributed by atoms with Gasteiger partial charge in [-0.2, -0.15) is 0 Å². The summed E-state index contributed by atoms with van der Waals surface area (Å²) in [5, 5.41) is 12.2. The number of halogens is 2. The highest BCUT2D eigenvalue weighted by Gasteiger charge is 2.09. The summed E-state index contributed by atoms with van der Waals surface area (Å²) in [5.41, 5.74) is 0.736. The van der Waals surface area contributed by atoms with Crippen LogP contribution in [-0.2, 0) is 4.79 Å². The molecule has 1 rings (SSSR count). The fraction of sp³-hybridized carbons (Fsp3) is 0.300. The number of carboxylic acids is 1. The third-order valence-corrected chi connectivity index (χ3v) is 2.63. The van der Waals surface area contributed by atoms with E-state index < -0.39 is 5.97 Å². The first-order valence-corrected chi connectivity index (χ1v) is 5.59. The standard InChI is InChI=1S/C10H11BrClNO2/c1-6(4-10(14)15)13-9-5-7(11)2-3-8(9)12/h2-3,5-6,13H,4H2,1H3,(H,14,15). The zero-order valence-corrected chi connectivity index (χ0v) is 10.5. The van der Waals surface area contributed by atoms with Crippen LogP contribution in [0.2, 0.25) is 5.02 Å². The van der Waals surface area contributed by atoms with E-state index in [2.05, 4.69) is 21.2 Å². The third kappa shape index (κ3) is 4.10. The van der Waals surface area contributed by atoms with Crippen molar-refractivity contribution in [1.29, 1.82) is 0 Å². The Morgan fingerprint density at radius 2 is 2.33 bits per heavy atom. The van der Waals surface area contributed by atoms with Crippen LogP contribution in [0.1, 0.15) is 13.3 Å². The Labute approximate surface area is 102 Å². The maximum atomic E-state index is 10.5. The molecular weight excluding hydrogens is 281 g/mol. The molecular formula is C10H11BrClNO2. The molecule has 0 bridgehead atoms. The lowest BCUT2D eigenvalue weighted by Crippen LogP contribution is -2.19. The topological polar surface area (TPSA) is 49.3 Å². The Morgan fingerprint density at radius 3 is 2.93 bits per heavy atom. The predicted octanol–water partition coefficient (Wildman–Crippen LogP) is 3.38. The van der Waals surface area contributed by atoms with E-state index >= 15 is 0 Å². The van der Waals surface area contributed by atoms with Gasteiger partial charge < -0.3 is 10.4 Å². The van der Waals surface area contributed by atoms with Crippen molar-refractivity contribution in [3.63, 3.8) is 0 Å². The molecule has 0 saturated heterocycles. The minimum atomic E-state index is -0.832. The summed E-state index contributed by atoms with van der Waals surface area (Å²) in [6.07, 6.45) is 0.0584. The Morgan fingerprint density at radius 1 is 1.67 bits per heavy atom. The maximum Gasteiger partial charge on any atom is 0.305 e. The number of hydrogen-bond acceptors (Lipinski definition) is 2. The third-order valence-electron chi connectivity index (χ3n) is 1.81. The Hall–Kier alpha value is -0.740. The van der Waals surface area contributed by atoms with Crippen LogP contribution >= 0.6 is 27.5 Å². The van der Waals surface area contributed by atoms with Gasteiger partial charge in [-0.05, 0) is 25.1 Å². The number of benzene rings is 1. The minimum absolute atomic E-state index is 0.0584. The summed E-state index contributed by atoms with van der Waals surface area (Å²) in [5.74, 6) is -0.832. The molecule has 0 aliphatic carbocycles. The largest absolute Gasteiger partial charge is 0.481 e. The Balaban J connectivity index is 2.71. The number of carbonyl (C=O) groups is 1. The summed E-state index contributed by atoms with van der Waals surface area (Å²) in [4.78, 5) is 10.5. The highest BCUT2D eigenvalue weighted by Crippen LogP contribution is 2.26. The van der Waals surface area contributed by atoms with Gasteiger partial charge in [-0.15, -0.1) is 0 Å². The molecule has 5 heteroatoms. The molecule has 0 radical (unpaired) electrons. The molecule has 0 fully saturated rings. The number of anilines is 1. The minimum Gasteiger partial charge on any atom is -0.481 e. The van der Waals surface area contributed by atoms with E-state index in [0.717, 1.165) is 10.2 Å². The zero-order valence-electron chi connectivity index (χ0n) is 8.13. The van der Waals surface area contributed by atoms with Gasteiger partial charge in [0.2, 0.25) is 0 Å². The van der Waals surface area contributed by atoms with Crippen LogP contribution in [0.3, 0.4) is 0 Å². The van der Waals surface area contributed by atoms with Crippen molar-refractivity contribution in [1.82, 2.24) is 0 Å². The van der Waals surface area contributed by atoms with Gasteiger partial charge >= 0.3 is 5.97 Å². The monoisotopic (exact) mass is 291 g/mol. The van der Waals surface area contributed by atoms with Crippen LogP contribution in [0.15, 0.2) is 22.7 Å². The highest BCUT2D eigenvalue weighted by molar-refractivity contribution is 9.10. The second kappa shape index (κ2) is 5.37. The molecule has 1 unspecified atom stereocenters. The van der Waals surface area contributed by atoms with Crippen molar-refractivity contribution < 1.29 is 9.90 Å². The summed E-state index contributed by atoms with van der Waals surface area (Å²) < 4.78 is 0.900. The first kappa shape index (κ1) is 12.3. The van der Waals surface area contributed by atoms with Gasteiger partial charge in [0.25, 0.3) is 0 Å². The fourth-order valence-corrected chi connectivity index (χ4v) is 1.72. The van der Waals surface area contributed by atoms with Gasteiger partial charge in [0.05, 0.1) is 17.1 Å². The van der Waals surface area contributed by atoms with Crippen molar-refractivity contribution >= 4 is 39.2 Å². The Kier molecular flexibility index (Phi) is 4.42. The van der Waals surface area contributed by atoms with E-state index in [9.17, 15) is 4.79 Å². The SMILES string of the molecule is CC(CC(=O)O)Nc1cc(Br)ccc1Cl. The molecule has 0 aliphatic heterocycles. The van der Waals surface area contributed by atoms with E-state index in [1.54, 1.807) is 13.0 Å². The molecule has 82 valence electrons. The van der Waals surface area contributed by atoms with Crippen molar-refractivity contribution in [3.05, 3.63) is 27.7 Å². The number of carboxylic acid groups (broad SMARTS) is 1. The van der Waals surface area contributed by atoms with Gasteiger partial charge in [-0.1, -0.05) is 27.5 Å². The normalized spacial score (nSPS) is 12.2. The van der Waals surface area contributed by atoms with Gasteiger partial charge in [0.15, 0.2) is 0 Å². The van der Waals surface area contributed by atoms with Crippen LogP contribution in [0.4, 0.5) is 5.69 Å². The summed E-state index contributed by atoms with van der Waals surface area (Å²) >= 11 is 9.27. The Bertz CT molecular complexity index is 370. The average Bonchev–Trinajstić information content (AvgIpc) is 2.10. The quantitative estimate of drug-likeness (QED) is 0.894. The number of hydrogen-bond donors (Lipinski definition) is 2. The van der Waals surface area contributed by atoms with Crippen LogP contribution in [0, 0.1) is 0 Å². The molecule has 0 aliphatic rings. The van der Waals surface area contributed by atoms with Gasteiger partial charge in [0.1, 0.15) is 0 Å². The zero-order chi connectivity index (χ0) is 11.4. The molecule has 15 heavy (non-hydrogen) atoms. The lowest BCUT2D eigenvalue weighted by atomic mass is 10.2. The van der Waals surface area contributed by atoms with Crippen LogP contribution in [-0.4, -0.2) is 17.1 Å². The van der Waals surface area contributed by atoms with Crippen molar-refractivity contribution in [3.8, 4) is 0 Å². The summed E-state index contributed by atoms with van der Waals surface area (Å²) in [7, 11) is 0.